The van der Waals surface area contributed by atoms with Gasteiger partial charge in [-0.2, -0.15) is 9.61 Å². The molecule has 0 radical (unpaired) electrons. The van der Waals surface area contributed by atoms with Gasteiger partial charge in [-0.05, 0) is 24.5 Å². The van der Waals surface area contributed by atoms with Crippen molar-refractivity contribution in [2.24, 2.45) is 0 Å². The number of rotatable bonds is 3. The fraction of sp³-hybridized carbons (Fsp3) is 0.200. The van der Waals surface area contributed by atoms with Crippen LogP contribution in [-0.2, 0) is 11.2 Å². The predicted octanol–water partition coefficient (Wildman–Crippen LogP) is 1.39. The topological polar surface area (TPSA) is 74.8 Å². The largest absolute Gasteiger partial charge is 0.493 e. The standard InChI is InChI=1S/C10H10N2O3S/c1-16-8-3-2-7-4-6(5-9(13)14)10(15)12(7)11-8/h2-4,15H,5H2,1H3,(H,13,14). The first-order valence-electron chi connectivity index (χ1n) is 4.58. The molecule has 0 amide bonds. The second-order valence-electron chi connectivity index (χ2n) is 3.28. The van der Waals surface area contributed by atoms with Crippen molar-refractivity contribution in [3.63, 3.8) is 0 Å². The van der Waals surface area contributed by atoms with Gasteiger partial charge in [0.25, 0.3) is 0 Å². The van der Waals surface area contributed by atoms with Crippen LogP contribution in [0.3, 0.4) is 0 Å². The molecule has 2 aromatic heterocycles. The Morgan fingerprint density at radius 2 is 2.31 bits per heavy atom. The molecule has 0 saturated heterocycles. The number of aliphatic carboxylic acids is 1. The van der Waals surface area contributed by atoms with E-state index in [4.69, 9.17) is 5.11 Å². The SMILES string of the molecule is CSc1ccc2cc(CC(=O)O)c(O)n2n1. The zero-order valence-electron chi connectivity index (χ0n) is 8.54. The van der Waals surface area contributed by atoms with Crippen LogP contribution in [0.4, 0.5) is 0 Å². The number of carboxylic acids is 1. The van der Waals surface area contributed by atoms with Crippen molar-refractivity contribution < 1.29 is 15.0 Å². The van der Waals surface area contributed by atoms with Crippen molar-refractivity contribution in [3.05, 3.63) is 23.8 Å². The van der Waals surface area contributed by atoms with Crippen LogP contribution in [0.15, 0.2) is 23.2 Å². The van der Waals surface area contributed by atoms with Crippen LogP contribution in [0.25, 0.3) is 5.52 Å². The Bertz CT molecular complexity index is 550. The zero-order valence-corrected chi connectivity index (χ0v) is 9.36. The molecule has 0 aliphatic carbocycles. The number of aromatic hydroxyl groups is 1. The lowest BCUT2D eigenvalue weighted by Gasteiger charge is -1.99. The van der Waals surface area contributed by atoms with Crippen LogP contribution in [-0.4, -0.2) is 32.1 Å². The van der Waals surface area contributed by atoms with Gasteiger partial charge in [-0.25, -0.2) is 0 Å². The summed E-state index contributed by atoms with van der Waals surface area (Å²) in [5.41, 5.74) is 1.06. The van der Waals surface area contributed by atoms with Crippen molar-refractivity contribution in [2.75, 3.05) is 6.26 Å². The Morgan fingerprint density at radius 3 is 2.94 bits per heavy atom. The molecule has 0 aliphatic heterocycles. The molecule has 0 unspecified atom stereocenters. The van der Waals surface area contributed by atoms with E-state index in [0.29, 0.717) is 11.1 Å². The average molecular weight is 238 g/mol. The van der Waals surface area contributed by atoms with Crippen LogP contribution in [0.2, 0.25) is 0 Å². The molecule has 6 heteroatoms. The van der Waals surface area contributed by atoms with Gasteiger partial charge in [0.1, 0.15) is 5.03 Å². The minimum atomic E-state index is -0.976. The smallest absolute Gasteiger partial charge is 0.308 e. The molecule has 2 N–H and O–H groups in total. The number of thioether (sulfide) groups is 1. The van der Waals surface area contributed by atoms with E-state index in [2.05, 4.69) is 5.10 Å². The van der Waals surface area contributed by atoms with Crippen molar-refractivity contribution >= 4 is 23.2 Å². The van der Waals surface area contributed by atoms with Crippen molar-refractivity contribution in [1.82, 2.24) is 9.61 Å². The summed E-state index contributed by atoms with van der Waals surface area (Å²) in [5, 5.41) is 23.4. The summed E-state index contributed by atoms with van der Waals surface area (Å²) in [7, 11) is 0. The fourth-order valence-corrected chi connectivity index (χ4v) is 1.84. The normalized spacial score (nSPS) is 10.8. The third-order valence-corrected chi connectivity index (χ3v) is 2.84. The molecule has 0 bridgehead atoms. The molecule has 84 valence electrons. The highest BCUT2D eigenvalue weighted by atomic mass is 32.2. The van der Waals surface area contributed by atoms with Crippen LogP contribution < -0.4 is 0 Å². The number of aromatic nitrogens is 2. The Morgan fingerprint density at radius 1 is 1.56 bits per heavy atom. The Hall–Kier alpha value is -1.69. The first kappa shape index (κ1) is 10.8. The van der Waals surface area contributed by atoms with Crippen molar-refractivity contribution in [2.45, 2.75) is 11.4 Å². The maximum atomic E-state index is 10.6. The Labute approximate surface area is 95.7 Å². The highest BCUT2D eigenvalue weighted by Crippen LogP contribution is 2.24. The van der Waals surface area contributed by atoms with Gasteiger partial charge in [0.05, 0.1) is 11.9 Å². The van der Waals surface area contributed by atoms with Gasteiger partial charge in [0.15, 0.2) is 0 Å². The minimum absolute atomic E-state index is 0.103. The molecule has 2 rings (SSSR count). The fourth-order valence-electron chi connectivity index (χ4n) is 1.48. The molecule has 5 nitrogen and oxygen atoms in total. The number of carbonyl (C=O) groups is 1. The van der Waals surface area contributed by atoms with E-state index in [1.54, 1.807) is 12.1 Å². The lowest BCUT2D eigenvalue weighted by Crippen LogP contribution is -1.99. The molecule has 2 aromatic rings. The van der Waals surface area contributed by atoms with Gasteiger partial charge in [0.2, 0.25) is 5.88 Å². The molecular formula is C10H10N2O3S. The zero-order chi connectivity index (χ0) is 11.7. The molecule has 0 aromatic carbocycles. The summed E-state index contributed by atoms with van der Waals surface area (Å²) in [6.07, 6.45) is 1.68. The number of hydrogen-bond donors (Lipinski definition) is 2. The summed E-state index contributed by atoms with van der Waals surface area (Å²) >= 11 is 1.46. The molecule has 0 saturated carbocycles. The Balaban J connectivity index is 2.54. The second kappa shape index (κ2) is 4.05. The van der Waals surface area contributed by atoms with E-state index in [9.17, 15) is 9.90 Å². The number of fused-ring (bicyclic) bond motifs is 1. The van der Waals surface area contributed by atoms with Crippen molar-refractivity contribution in [1.29, 1.82) is 0 Å². The van der Waals surface area contributed by atoms with Gasteiger partial charge in [-0.3, -0.25) is 4.79 Å². The first-order chi connectivity index (χ1) is 7.61. The lowest BCUT2D eigenvalue weighted by molar-refractivity contribution is -0.136. The van der Waals surface area contributed by atoms with E-state index in [1.807, 2.05) is 12.3 Å². The molecular weight excluding hydrogens is 228 g/mol. The molecule has 2 heterocycles. The first-order valence-corrected chi connectivity index (χ1v) is 5.80. The summed E-state index contributed by atoms with van der Waals surface area (Å²) in [6.45, 7) is 0. The third kappa shape index (κ3) is 1.83. The summed E-state index contributed by atoms with van der Waals surface area (Å²) in [4.78, 5) is 10.6. The third-order valence-electron chi connectivity index (χ3n) is 2.20. The highest BCUT2D eigenvalue weighted by Gasteiger charge is 2.13. The van der Waals surface area contributed by atoms with Gasteiger partial charge in [-0.15, -0.1) is 11.8 Å². The molecule has 16 heavy (non-hydrogen) atoms. The summed E-state index contributed by atoms with van der Waals surface area (Å²) in [6, 6.07) is 5.24. The van der Waals surface area contributed by atoms with Gasteiger partial charge in [0, 0.05) is 5.56 Å². The summed E-state index contributed by atoms with van der Waals surface area (Å²) < 4.78 is 1.35. The maximum absolute atomic E-state index is 10.6. The molecule has 0 fully saturated rings. The van der Waals surface area contributed by atoms with Gasteiger partial charge >= 0.3 is 5.97 Å². The van der Waals surface area contributed by atoms with Crippen LogP contribution in [0, 0.1) is 0 Å². The van der Waals surface area contributed by atoms with E-state index < -0.39 is 5.97 Å². The second-order valence-corrected chi connectivity index (χ2v) is 4.10. The van der Waals surface area contributed by atoms with Crippen LogP contribution >= 0.6 is 11.8 Å². The van der Waals surface area contributed by atoms with Gasteiger partial charge < -0.3 is 10.2 Å². The quantitative estimate of drug-likeness (QED) is 0.790. The van der Waals surface area contributed by atoms with E-state index in [1.165, 1.54) is 16.3 Å². The van der Waals surface area contributed by atoms with E-state index >= 15 is 0 Å². The molecule has 0 atom stereocenters. The Kier molecular flexibility index (Phi) is 2.74. The number of carboxylic acid groups (broad SMARTS) is 1. The maximum Gasteiger partial charge on any atom is 0.308 e. The monoisotopic (exact) mass is 238 g/mol. The highest BCUT2D eigenvalue weighted by molar-refractivity contribution is 7.98. The number of nitrogens with zero attached hydrogens (tertiary/aromatic N) is 2. The predicted molar refractivity (Wildman–Crippen MR) is 60.0 cm³/mol. The minimum Gasteiger partial charge on any atom is -0.493 e. The van der Waals surface area contributed by atoms with Crippen molar-refractivity contribution in [3.8, 4) is 5.88 Å². The van der Waals surface area contributed by atoms with Crippen LogP contribution in [0.5, 0.6) is 5.88 Å². The average Bonchev–Trinajstić information content (AvgIpc) is 2.55. The molecule has 0 aliphatic rings. The molecule has 0 spiro atoms. The lowest BCUT2D eigenvalue weighted by atomic mass is 10.2. The van der Waals surface area contributed by atoms with Crippen LogP contribution in [0.1, 0.15) is 5.56 Å². The summed E-state index contributed by atoms with van der Waals surface area (Å²) in [5.74, 6) is -1.08. The van der Waals surface area contributed by atoms with E-state index in [0.717, 1.165) is 5.03 Å². The van der Waals surface area contributed by atoms with Gasteiger partial charge in [-0.1, -0.05) is 0 Å². The number of hydrogen-bond acceptors (Lipinski definition) is 4. The van der Waals surface area contributed by atoms with E-state index in [-0.39, 0.29) is 12.3 Å².